The summed E-state index contributed by atoms with van der Waals surface area (Å²) >= 11 is 0. The third kappa shape index (κ3) is 2.69. The molecule has 0 heterocycles. The fourth-order valence-corrected chi connectivity index (χ4v) is 4.89. The second kappa shape index (κ2) is 6.71. The van der Waals surface area contributed by atoms with Crippen LogP contribution >= 0.6 is 0 Å². The number of benzene rings is 4. The first-order chi connectivity index (χ1) is 14.5. The van der Waals surface area contributed by atoms with Gasteiger partial charge in [0, 0.05) is 5.41 Å². The number of nitriles is 1. The molecular formula is C29H23N. The van der Waals surface area contributed by atoms with Crippen molar-refractivity contribution < 1.29 is 0 Å². The van der Waals surface area contributed by atoms with E-state index in [0.29, 0.717) is 0 Å². The van der Waals surface area contributed by atoms with E-state index in [0.717, 1.165) is 11.1 Å². The lowest BCUT2D eigenvalue weighted by Crippen LogP contribution is -2.16. The minimum absolute atomic E-state index is 0.186. The zero-order valence-electron chi connectivity index (χ0n) is 17.5. The van der Waals surface area contributed by atoms with E-state index in [4.69, 9.17) is 0 Å². The van der Waals surface area contributed by atoms with Crippen LogP contribution in [0.25, 0.3) is 33.4 Å². The van der Waals surface area contributed by atoms with Gasteiger partial charge in [-0.25, -0.2) is 0 Å². The maximum absolute atomic E-state index is 9.64. The first-order valence-electron chi connectivity index (χ1n) is 10.4. The molecule has 0 amide bonds. The van der Waals surface area contributed by atoms with Crippen molar-refractivity contribution in [1.29, 1.82) is 5.26 Å². The van der Waals surface area contributed by atoms with Crippen molar-refractivity contribution >= 4 is 0 Å². The number of fused-ring (bicyclic) bond motifs is 3. The van der Waals surface area contributed by atoms with Gasteiger partial charge in [0.25, 0.3) is 0 Å². The zero-order valence-corrected chi connectivity index (χ0v) is 17.5. The summed E-state index contributed by atoms with van der Waals surface area (Å²) in [4.78, 5) is 0. The maximum atomic E-state index is 9.64. The summed E-state index contributed by atoms with van der Waals surface area (Å²) < 4.78 is 0. The van der Waals surface area contributed by atoms with Crippen molar-refractivity contribution in [1.82, 2.24) is 0 Å². The van der Waals surface area contributed by atoms with Gasteiger partial charge in [0.2, 0.25) is 0 Å². The fraction of sp³-hybridized carbons (Fsp3) is 0.138. The van der Waals surface area contributed by atoms with Crippen LogP contribution in [0.1, 0.15) is 36.1 Å². The van der Waals surface area contributed by atoms with Crippen molar-refractivity contribution in [2.45, 2.75) is 26.2 Å². The molecule has 5 rings (SSSR count). The summed E-state index contributed by atoms with van der Waals surface area (Å²) in [6.45, 7) is 6.60. The molecule has 0 fully saturated rings. The molecule has 0 N–H and O–H groups in total. The van der Waals surface area contributed by atoms with E-state index in [1.54, 1.807) is 0 Å². The Bertz CT molecular complexity index is 1320. The Hall–Kier alpha value is -3.63. The lowest BCUT2D eigenvalue weighted by Gasteiger charge is -2.23. The molecular weight excluding hydrogens is 362 g/mol. The molecule has 4 aromatic carbocycles. The monoisotopic (exact) mass is 385 g/mol. The summed E-state index contributed by atoms with van der Waals surface area (Å²) in [6.07, 6.45) is 0. The van der Waals surface area contributed by atoms with E-state index in [-0.39, 0.29) is 5.41 Å². The van der Waals surface area contributed by atoms with Crippen molar-refractivity contribution in [3.8, 4) is 39.4 Å². The normalized spacial score (nSPS) is 13.4. The second-order valence-electron chi connectivity index (χ2n) is 8.62. The average molecular weight is 386 g/mol. The van der Waals surface area contributed by atoms with Gasteiger partial charge in [-0.15, -0.1) is 0 Å². The standard InChI is InChI=1S/C29H23N/c1-19-7-4-5-9-24(19)21-13-11-20(12-14-21)22-15-16-25-26-10-6-8-23(18-30)28(26)29(2,3)27(25)17-22/h4-17H,1-3H3. The van der Waals surface area contributed by atoms with Gasteiger partial charge in [0.1, 0.15) is 0 Å². The Morgan fingerprint density at radius 2 is 1.33 bits per heavy atom. The van der Waals surface area contributed by atoms with Gasteiger partial charge in [-0.3, -0.25) is 0 Å². The third-order valence-electron chi connectivity index (χ3n) is 6.47. The van der Waals surface area contributed by atoms with Crippen LogP contribution in [0, 0.1) is 18.3 Å². The van der Waals surface area contributed by atoms with Crippen LogP contribution in [0.4, 0.5) is 0 Å². The van der Waals surface area contributed by atoms with Gasteiger partial charge in [-0.2, -0.15) is 5.26 Å². The Labute approximate surface area is 178 Å². The number of aryl methyl sites for hydroxylation is 1. The molecule has 0 atom stereocenters. The Kier molecular flexibility index (Phi) is 4.12. The zero-order chi connectivity index (χ0) is 20.9. The molecule has 0 radical (unpaired) electrons. The summed E-state index contributed by atoms with van der Waals surface area (Å²) in [5, 5.41) is 9.64. The van der Waals surface area contributed by atoms with Gasteiger partial charge in [0.15, 0.2) is 0 Å². The smallest absolute Gasteiger partial charge is 0.0995 e. The lowest BCUT2D eigenvalue weighted by molar-refractivity contribution is 0.658. The van der Waals surface area contributed by atoms with Crippen LogP contribution in [0.3, 0.4) is 0 Å². The van der Waals surface area contributed by atoms with E-state index in [1.165, 1.54) is 44.5 Å². The molecule has 0 aliphatic heterocycles. The molecule has 144 valence electrons. The topological polar surface area (TPSA) is 23.8 Å². The second-order valence-corrected chi connectivity index (χ2v) is 8.62. The highest BCUT2D eigenvalue weighted by Gasteiger charge is 2.37. The van der Waals surface area contributed by atoms with Crippen LogP contribution in [0.15, 0.2) is 84.9 Å². The molecule has 0 spiro atoms. The molecule has 4 aromatic rings. The minimum atomic E-state index is -0.186. The van der Waals surface area contributed by atoms with E-state index < -0.39 is 0 Å². The largest absolute Gasteiger partial charge is 0.192 e. The van der Waals surface area contributed by atoms with Crippen LogP contribution < -0.4 is 0 Å². The quantitative estimate of drug-likeness (QED) is 0.350. The predicted octanol–water partition coefficient (Wildman–Crippen LogP) is 7.51. The molecule has 0 saturated heterocycles. The third-order valence-corrected chi connectivity index (χ3v) is 6.47. The fourth-order valence-electron chi connectivity index (χ4n) is 4.89. The number of hydrogen-bond acceptors (Lipinski definition) is 1. The SMILES string of the molecule is Cc1ccccc1-c1ccc(-c2ccc3c(c2)C(C)(C)c2c(C#N)cccc2-3)cc1. The highest BCUT2D eigenvalue weighted by atomic mass is 14.4. The average Bonchev–Trinajstić information content (AvgIpc) is 3.01. The number of nitrogens with zero attached hydrogens (tertiary/aromatic N) is 1. The Morgan fingerprint density at radius 1 is 0.667 bits per heavy atom. The highest BCUT2D eigenvalue weighted by molar-refractivity contribution is 5.85. The van der Waals surface area contributed by atoms with E-state index in [9.17, 15) is 5.26 Å². The van der Waals surface area contributed by atoms with E-state index in [1.807, 2.05) is 12.1 Å². The first kappa shape index (κ1) is 18.4. The lowest BCUT2D eigenvalue weighted by atomic mass is 9.79. The van der Waals surface area contributed by atoms with Crippen LogP contribution in [0.2, 0.25) is 0 Å². The number of rotatable bonds is 2. The van der Waals surface area contributed by atoms with E-state index >= 15 is 0 Å². The molecule has 0 bridgehead atoms. The molecule has 0 aromatic heterocycles. The predicted molar refractivity (Wildman–Crippen MR) is 124 cm³/mol. The van der Waals surface area contributed by atoms with Crippen molar-refractivity contribution in [3.63, 3.8) is 0 Å². The van der Waals surface area contributed by atoms with Crippen molar-refractivity contribution in [3.05, 3.63) is 107 Å². The summed E-state index contributed by atoms with van der Waals surface area (Å²) in [6, 6.07) is 32.5. The van der Waals surface area contributed by atoms with Gasteiger partial charge in [-0.05, 0) is 69.1 Å². The molecule has 30 heavy (non-hydrogen) atoms. The van der Waals surface area contributed by atoms with Crippen LogP contribution in [0.5, 0.6) is 0 Å². The van der Waals surface area contributed by atoms with Gasteiger partial charge in [0.05, 0.1) is 11.6 Å². The Balaban J connectivity index is 1.58. The van der Waals surface area contributed by atoms with Crippen LogP contribution in [-0.4, -0.2) is 0 Å². The van der Waals surface area contributed by atoms with Crippen LogP contribution in [-0.2, 0) is 5.41 Å². The van der Waals surface area contributed by atoms with Crippen molar-refractivity contribution in [2.24, 2.45) is 0 Å². The maximum Gasteiger partial charge on any atom is 0.0995 e. The molecule has 1 aliphatic carbocycles. The van der Waals surface area contributed by atoms with Gasteiger partial charge < -0.3 is 0 Å². The first-order valence-corrected chi connectivity index (χ1v) is 10.4. The Morgan fingerprint density at radius 3 is 2.07 bits per heavy atom. The summed E-state index contributed by atoms with van der Waals surface area (Å²) in [7, 11) is 0. The summed E-state index contributed by atoms with van der Waals surface area (Å²) in [5.74, 6) is 0. The summed E-state index contributed by atoms with van der Waals surface area (Å²) in [5.41, 5.74) is 11.7. The van der Waals surface area contributed by atoms with Crippen molar-refractivity contribution in [2.75, 3.05) is 0 Å². The molecule has 0 saturated carbocycles. The molecule has 1 aliphatic rings. The van der Waals surface area contributed by atoms with E-state index in [2.05, 4.69) is 99.6 Å². The van der Waals surface area contributed by atoms with Gasteiger partial charge >= 0.3 is 0 Å². The number of hydrogen-bond donors (Lipinski definition) is 0. The van der Waals surface area contributed by atoms with Gasteiger partial charge in [-0.1, -0.05) is 86.6 Å². The molecule has 1 nitrogen and oxygen atoms in total. The molecule has 0 unspecified atom stereocenters. The minimum Gasteiger partial charge on any atom is -0.192 e. The molecule has 1 heteroatoms. The highest BCUT2D eigenvalue weighted by Crippen LogP contribution is 2.50.